The Morgan fingerprint density at radius 3 is 1.48 bits per heavy atom. The Kier molecular flexibility index (Phi) is 9.19. The maximum absolute atomic E-state index is 5.28. The molecular weight excluding hydrogens is 781 g/mol. The van der Waals surface area contributed by atoms with Crippen molar-refractivity contribution in [3.05, 3.63) is 224 Å². The summed E-state index contributed by atoms with van der Waals surface area (Å²) in [5, 5.41) is 7.05. The number of hydrogen-bond donors (Lipinski definition) is 0. The summed E-state index contributed by atoms with van der Waals surface area (Å²) in [4.78, 5) is 20.8. The van der Waals surface area contributed by atoms with Gasteiger partial charge in [-0.1, -0.05) is 182 Å². The highest BCUT2D eigenvalue weighted by atomic mass is 15.1. The maximum Gasteiger partial charge on any atom is 0.164 e. The second kappa shape index (κ2) is 15.8. The largest absolute Gasteiger partial charge is 0.317 e. The van der Waals surface area contributed by atoms with Crippen LogP contribution in [0.2, 0.25) is 0 Å². The van der Waals surface area contributed by atoms with Crippen LogP contribution in [0.25, 0.3) is 106 Å². The lowest BCUT2D eigenvalue weighted by Crippen LogP contribution is -2.09. The van der Waals surface area contributed by atoms with Gasteiger partial charge in [-0.05, 0) is 70.4 Å². The summed E-state index contributed by atoms with van der Waals surface area (Å²) < 4.78 is 4.74. The molecule has 3 heterocycles. The molecule has 6 heteroatoms. The van der Waals surface area contributed by atoms with E-state index >= 15 is 0 Å². The molecule has 0 bridgehead atoms. The van der Waals surface area contributed by atoms with Crippen molar-refractivity contribution in [3.63, 3.8) is 0 Å². The normalized spacial score (nSPS) is 13.6. The van der Waals surface area contributed by atoms with Crippen molar-refractivity contribution in [1.82, 2.24) is 29.1 Å². The molecule has 0 aliphatic heterocycles. The molecule has 8 aromatic carbocycles. The van der Waals surface area contributed by atoms with E-state index in [0.29, 0.717) is 17.5 Å². The molecule has 0 saturated carbocycles. The lowest BCUT2D eigenvalue weighted by molar-refractivity contribution is 0.631. The van der Waals surface area contributed by atoms with Crippen molar-refractivity contribution in [3.8, 4) is 51.2 Å². The van der Waals surface area contributed by atoms with E-state index in [1.54, 1.807) is 0 Å². The zero-order valence-corrected chi connectivity index (χ0v) is 34.8. The van der Waals surface area contributed by atoms with E-state index in [-0.39, 0.29) is 6.04 Å². The quantitative estimate of drug-likeness (QED) is 0.168. The van der Waals surface area contributed by atoms with Crippen molar-refractivity contribution in [2.75, 3.05) is 0 Å². The number of hydrogen-bond acceptors (Lipinski definition) is 4. The van der Waals surface area contributed by atoms with E-state index in [9.17, 15) is 0 Å². The molecule has 64 heavy (non-hydrogen) atoms. The summed E-state index contributed by atoms with van der Waals surface area (Å²) in [6.07, 6.45) is 9.61. The molecule has 0 amide bonds. The Labute approximate surface area is 370 Å². The van der Waals surface area contributed by atoms with Gasteiger partial charge in [0.05, 0.1) is 28.1 Å². The second-order valence-corrected chi connectivity index (χ2v) is 16.2. The zero-order chi connectivity index (χ0) is 42.4. The topological polar surface area (TPSA) is 61.4 Å². The van der Waals surface area contributed by atoms with Gasteiger partial charge in [-0.3, -0.25) is 0 Å². The minimum atomic E-state index is 0.151. The first kappa shape index (κ1) is 37.3. The van der Waals surface area contributed by atoms with E-state index in [4.69, 9.17) is 19.9 Å². The van der Waals surface area contributed by atoms with Crippen LogP contribution in [0, 0.1) is 0 Å². The van der Waals surface area contributed by atoms with Crippen LogP contribution in [0.5, 0.6) is 0 Å². The first-order chi connectivity index (χ1) is 31.7. The van der Waals surface area contributed by atoms with Crippen LogP contribution in [-0.4, -0.2) is 29.1 Å². The first-order valence-corrected chi connectivity index (χ1v) is 21.8. The van der Waals surface area contributed by atoms with E-state index in [2.05, 4.69) is 209 Å². The number of allylic oxidation sites excluding steroid dienone is 4. The third kappa shape index (κ3) is 6.52. The van der Waals surface area contributed by atoms with Crippen molar-refractivity contribution in [2.24, 2.45) is 0 Å². The van der Waals surface area contributed by atoms with Gasteiger partial charge in [0, 0.05) is 38.7 Å². The standard InChI is InChI=1S/C58H40N6/c1-3-19-39(20-4-1)55-60-56(40-21-17-23-42(37-40)58-59-51-33-13-16-36-54(51)64(58)43-24-5-2-6-25-43)62-57(61-55)41-22-18-26-44(38-41)63-52-34-14-11-31-49(52)47-29-9-7-27-45(47)46-28-8-10-30-48(46)50-32-12-15-35-53(50)63/h1-24,26-38,43H,25H2. The van der Waals surface area contributed by atoms with Gasteiger partial charge in [0.25, 0.3) is 0 Å². The first-order valence-electron chi connectivity index (χ1n) is 21.8. The molecule has 1 aliphatic rings. The molecule has 0 spiro atoms. The van der Waals surface area contributed by atoms with Crippen LogP contribution in [0.3, 0.4) is 0 Å². The Balaban J connectivity index is 1.08. The number of para-hydroxylation sites is 4. The van der Waals surface area contributed by atoms with Crippen LogP contribution < -0.4 is 0 Å². The average molecular weight is 821 g/mol. The fourth-order valence-corrected chi connectivity index (χ4v) is 9.38. The smallest absolute Gasteiger partial charge is 0.164 e. The predicted molar refractivity (Wildman–Crippen MR) is 264 cm³/mol. The van der Waals surface area contributed by atoms with Gasteiger partial charge in [-0.15, -0.1) is 0 Å². The summed E-state index contributed by atoms with van der Waals surface area (Å²) in [6.45, 7) is 0. The summed E-state index contributed by atoms with van der Waals surface area (Å²) in [6, 6.07) is 70.7. The lowest BCUT2D eigenvalue weighted by Gasteiger charge is -2.19. The number of nitrogens with zero attached hydrogens (tertiary/aromatic N) is 6. The van der Waals surface area contributed by atoms with Crippen molar-refractivity contribution < 1.29 is 0 Å². The number of benzene rings is 8. The van der Waals surface area contributed by atoms with Crippen molar-refractivity contribution >= 4 is 54.4 Å². The summed E-state index contributed by atoms with van der Waals surface area (Å²) in [5.74, 6) is 2.69. The Bertz CT molecular complexity index is 3620. The van der Waals surface area contributed by atoms with Gasteiger partial charge in [0.1, 0.15) is 5.82 Å². The molecule has 0 radical (unpaired) electrons. The monoisotopic (exact) mass is 820 g/mol. The Hall–Kier alpha value is -8.48. The molecule has 11 aromatic rings. The third-order valence-electron chi connectivity index (χ3n) is 12.3. The van der Waals surface area contributed by atoms with Gasteiger partial charge < -0.3 is 9.13 Å². The molecule has 6 nitrogen and oxygen atoms in total. The fourth-order valence-electron chi connectivity index (χ4n) is 9.38. The number of rotatable bonds is 6. The van der Waals surface area contributed by atoms with E-state index in [0.717, 1.165) is 73.0 Å². The van der Waals surface area contributed by atoms with Gasteiger partial charge in [-0.25, -0.2) is 19.9 Å². The van der Waals surface area contributed by atoms with Gasteiger partial charge in [-0.2, -0.15) is 0 Å². The van der Waals surface area contributed by atoms with E-state index < -0.39 is 0 Å². The van der Waals surface area contributed by atoms with E-state index in [1.165, 1.54) is 21.5 Å². The lowest BCUT2D eigenvalue weighted by atomic mass is 10.0. The molecule has 1 atom stereocenters. The average Bonchev–Trinajstić information content (AvgIpc) is 3.78. The molecule has 12 rings (SSSR count). The molecule has 1 aliphatic carbocycles. The molecule has 0 N–H and O–H groups in total. The number of fused-ring (bicyclic) bond motifs is 8. The number of imidazole rings is 1. The Morgan fingerprint density at radius 2 is 0.859 bits per heavy atom. The highest BCUT2D eigenvalue weighted by molar-refractivity contribution is 6.19. The molecule has 1 unspecified atom stereocenters. The van der Waals surface area contributed by atoms with Crippen LogP contribution in [-0.2, 0) is 0 Å². The van der Waals surface area contributed by atoms with Gasteiger partial charge >= 0.3 is 0 Å². The van der Waals surface area contributed by atoms with Gasteiger partial charge in [0.2, 0.25) is 0 Å². The molecule has 0 fully saturated rings. The molecular formula is C58H40N6. The van der Waals surface area contributed by atoms with Crippen LogP contribution in [0.15, 0.2) is 224 Å². The molecule has 3 aromatic heterocycles. The predicted octanol–water partition coefficient (Wildman–Crippen LogP) is 14.5. The minimum Gasteiger partial charge on any atom is -0.317 e. The highest BCUT2D eigenvalue weighted by Crippen LogP contribution is 2.37. The highest BCUT2D eigenvalue weighted by Gasteiger charge is 2.21. The van der Waals surface area contributed by atoms with Crippen LogP contribution in [0.4, 0.5) is 0 Å². The van der Waals surface area contributed by atoms with Gasteiger partial charge in [0.15, 0.2) is 17.5 Å². The van der Waals surface area contributed by atoms with Crippen LogP contribution >= 0.6 is 0 Å². The maximum atomic E-state index is 5.28. The number of aromatic nitrogens is 6. The van der Waals surface area contributed by atoms with E-state index in [1.807, 2.05) is 24.3 Å². The van der Waals surface area contributed by atoms with Crippen molar-refractivity contribution in [2.45, 2.75) is 12.5 Å². The van der Waals surface area contributed by atoms with Crippen molar-refractivity contribution in [1.29, 1.82) is 0 Å². The Morgan fingerprint density at radius 1 is 0.375 bits per heavy atom. The SMILES string of the molecule is C1=CCC(n2c(-c3cccc(-c4nc(-c5ccccc5)nc(-c5cccc(-n6c7ccccc7c7ccccc7c7ccccc7c7ccccc76)c5)n4)c3)nc3ccccc32)C=C1. The molecule has 0 saturated heterocycles. The summed E-state index contributed by atoms with van der Waals surface area (Å²) in [5.41, 5.74) is 8.90. The minimum absolute atomic E-state index is 0.151. The zero-order valence-electron chi connectivity index (χ0n) is 34.8. The summed E-state index contributed by atoms with van der Waals surface area (Å²) >= 11 is 0. The van der Waals surface area contributed by atoms with Crippen LogP contribution in [0.1, 0.15) is 12.5 Å². The summed E-state index contributed by atoms with van der Waals surface area (Å²) in [7, 11) is 0. The third-order valence-corrected chi connectivity index (χ3v) is 12.3. The second-order valence-electron chi connectivity index (χ2n) is 16.2. The molecule has 302 valence electrons. The fraction of sp³-hybridized carbons (Fsp3) is 0.0345.